The molecule has 0 spiro atoms. The fourth-order valence-corrected chi connectivity index (χ4v) is 3.15. The minimum absolute atomic E-state index is 0.366. The fourth-order valence-electron chi connectivity index (χ4n) is 3.15. The summed E-state index contributed by atoms with van der Waals surface area (Å²) >= 11 is 0. The first-order valence-electron chi connectivity index (χ1n) is 9.24. The number of aryl methyl sites for hydroxylation is 1. The van der Waals surface area contributed by atoms with Crippen LogP contribution in [0.1, 0.15) is 45.6 Å². The number of benzene rings is 1. The van der Waals surface area contributed by atoms with Crippen LogP contribution in [0.15, 0.2) is 30.3 Å². The van der Waals surface area contributed by atoms with Gasteiger partial charge in [0.05, 0.1) is 0 Å². The SMILES string of the molecule is CC(C)(C)OC(=O)NC(CCc1ccccc1)C(=O)N1CCC[C@H]1C(=O)O. The third kappa shape index (κ3) is 6.27. The molecule has 2 amide bonds. The number of nitrogens with zero attached hydrogens (tertiary/aromatic N) is 1. The molecule has 0 radical (unpaired) electrons. The zero-order valence-corrected chi connectivity index (χ0v) is 16.1. The van der Waals surface area contributed by atoms with Crippen molar-refractivity contribution in [1.29, 1.82) is 0 Å². The summed E-state index contributed by atoms with van der Waals surface area (Å²) in [6, 6.07) is 7.96. The predicted molar refractivity (Wildman–Crippen MR) is 100 cm³/mol. The molecule has 0 aliphatic carbocycles. The number of likely N-dealkylation sites (tertiary alicyclic amines) is 1. The smallest absolute Gasteiger partial charge is 0.408 e. The zero-order valence-electron chi connectivity index (χ0n) is 16.1. The van der Waals surface area contributed by atoms with Gasteiger partial charge in [0.15, 0.2) is 0 Å². The lowest BCUT2D eigenvalue weighted by atomic mass is 10.0. The number of carboxylic acid groups (broad SMARTS) is 1. The van der Waals surface area contributed by atoms with E-state index in [9.17, 15) is 19.5 Å². The topological polar surface area (TPSA) is 95.9 Å². The van der Waals surface area contributed by atoms with Crippen molar-refractivity contribution in [2.24, 2.45) is 0 Å². The molecule has 27 heavy (non-hydrogen) atoms. The molecule has 1 aromatic carbocycles. The van der Waals surface area contributed by atoms with Crippen LogP contribution in [0.2, 0.25) is 0 Å². The fraction of sp³-hybridized carbons (Fsp3) is 0.550. The van der Waals surface area contributed by atoms with E-state index >= 15 is 0 Å². The number of ether oxygens (including phenoxy) is 1. The molecule has 2 N–H and O–H groups in total. The molecular weight excluding hydrogens is 348 g/mol. The standard InChI is InChI=1S/C20H28N2O5/c1-20(2,3)27-19(26)21-15(12-11-14-8-5-4-6-9-14)17(23)22-13-7-10-16(22)18(24)25/h4-6,8-9,15-16H,7,10-13H2,1-3H3,(H,21,26)(H,24,25)/t15?,16-/m0/s1. The van der Waals surface area contributed by atoms with Crippen LogP contribution in [0.25, 0.3) is 0 Å². The van der Waals surface area contributed by atoms with Gasteiger partial charge in [0.25, 0.3) is 0 Å². The van der Waals surface area contributed by atoms with Crippen LogP contribution in [-0.2, 0) is 20.7 Å². The number of carboxylic acids is 1. The molecule has 1 aliphatic heterocycles. The van der Waals surface area contributed by atoms with E-state index in [0.717, 1.165) is 5.56 Å². The number of hydrogen-bond acceptors (Lipinski definition) is 4. The summed E-state index contributed by atoms with van der Waals surface area (Å²) in [6.07, 6.45) is 1.34. The summed E-state index contributed by atoms with van der Waals surface area (Å²) in [5.41, 5.74) is 0.353. The Morgan fingerprint density at radius 2 is 1.93 bits per heavy atom. The lowest BCUT2D eigenvalue weighted by Crippen LogP contribution is -2.52. The second kappa shape index (κ2) is 8.88. The third-order valence-corrected chi connectivity index (χ3v) is 4.37. The maximum Gasteiger partial charge on any atom is 0.408 e. The molecule has 1 fully saturated rings. The molecule has 2 rings (SSSR count). The highest BCUT2D eigenvalue weighted by atomic mass is 16.6. The summed E-state index contributed by atoms with van der Waals surface area (Å²) in [5.74, 6) is -1.39. The number of nitrogens with one attached hydrogen (secondary N) is 1. The zero-order chi connectivity index (χ0) is 20.0. The van der Waals surface area contributed by atoms with E-state index in [1.165, 1.54) is 4.90 Å². The van der Waals surface area contributed by atoms with Crippen molar-refractivity contribution >= 4 is 18.0 Å². The third-order valence-electron chi connectivity index (χ3n) is 4.37. The van der Waals surface area contributed by atoms with Crippen molar-refractivity contribution in [3.63, 3.8) is 0 Å². The Bertz CT molecular complexity index is 669. The Balaban J connectivity index is 2.11. The Kier molecular flexibility index (Phi) is 6.82. The highest BCUT2D eigenvalue weighted by Crippen LogP contribution is 2.20. The molecule has 0 aromatic heterocycles. The Labute approximate surface area is 159 Å². The average Bonchev–Trinajstić information content (AvgIpc) is 3.07. The first kappa shape index (κ1) is 20.7. The Hall–Kier alpha value is -2.57. The molecule has 7 heteroatoms. The number of alkyl carbamates (subject to hydrolysis) is 1. The van der Waals surface area contributed by atoms with Crippen molar-refractivity contribution in [3.05, 3.63) is 35.9 Å². The van der Waals surface area contributed by atoms with Gasteiger partial charge >= 0.3 is 12.1 Å². The normalized spacial score (nSPS) is 18.0. The summed E-state index contributed by atoms with van der Waals surface area (Å²) in [6.45, 7) is 5.62. The predicted octanol–water partition coefficient (Wildman–Crippen LogP) is 2.59. The van der Waals surface area contributed by atoms with Crippen molar-refractivity contribution < 1.29 is 24.2 Å². The average molecular weight is 376 g/mol. The Morgan fingerprint density at radius 1 is 1.26 bits per heavy atom. The van der Waals surface area contributed by atoms with Gasteiger partial charge in [-0.25, -0.2) is 9.59 Å². The quantitative estimate of drug-likeness (QED) is 0.796. The number of aliphatic carboxylic acids is 1. The van der Waals surface area contributed by atoms with Gasteiger partial charge in [0, 0.05) is 6.54 Å². The first-order chi connectivity index (χ1) is 12.7. The van der Waals surface area contributed by atoms with Crippen LogP contribution in [0.4, 0.5) is 4.79 Å². The van der Waals surface area contributed by atoms with Crippen LogP contribution < -0.4 is 5.32 Å². The number of carbonyl (C=O) groups is 3. The van der Waals surface area contributed by atoms with Gasteiger partial charge in [-0.2, -0.15) is 0 Å². The second-order valence-corrected chi connectivity index (χ2v) is 7.75. The van der Waals surface area contributed by atoms with E-state index in [2.05, 4.69) is 5.32 Å². The molecular formula is C20H28N2O5. The largest absolute Gasteiger partial charge is 0.480 e. The van der Waals surface area contributed by atoms with Crippen LogP contribution >= 0.6 is 0 Å². The first-order valence-corrected chi connectivity index (χ1v) is 9.24. The molecule has 1 aliphatic rings. The summed E-state index contributed by atoms with van der Waals surface area (Å²) < 4.78 is 5.27. The maximum absolute atomic E-state index is 13.0. The van der Waals surface area contributed by atoms with E-state index in [0.29, 0.717) is 32.2 Å². The molecule has 7 nitrogen and oxygen atoms in total. The van der Waals surface area contributed by atoms with Crippen LogP contribution in [0.5, 0.6) is 0 Å². The number of amides is 2. The van der Waals surface area contributed by atoms with Crippen molar-refractivity contribution in [2.45, 2.75) is 64.1 Å². The lowest BCUT2D eigenvalue weighted by molar-refractivity contribution is -0.149. The second-order valence-electron chi connectivity index (χ2n) is 7.75. The van der Waals surface area contributed by atoms with Crippen LogP contribution in [0.3, 0.4) is 0 Å². The minimum Gasteiger partial charge on any atom is -0.480 e. The van der Waals surface area contributed by atoms with Gasteiger partial charge in [-0.05, 0) is 52.0 Å². The molecule has 2 atom stereocenters. The minimum atomic E-state index is -1.01. The molecule has 1 saturated heterocycles. The number of hydrogen-bond donors (Lipinski definition) is 2. The summed E-state index contributed by atoms with van der Waals surface area (Å²) in [7, 11) is 0. The van der Waals surface area contributed by atoms with Crippen LogP contribution in [0, 0.1) is 0 Å². The van der Waals surface area contributed by atoms with Gasteiger partial charge in [-0.15, -0.1) is 0 Å². The highest BCUT2D eigenvalue weighted by molar-refractivity contribution is 5.89. The molecule has 0 bridgehead atoms. The summed E-state index contributed by atoms with van der Waals surface area (Å²) in [5, 5.41) is 12.0. The van der Waals surface area contributed by atoms with E-state index < -0.39 is 29.7 Å². The lowest BCUT2D eigenvalue weighted by Gasteiger charge is -2.28. The van der Waals surface area contributed by atoms with Gasteiger partial charge < -0.3 is 20.1 Å². The van der Waals surface area contributed by atoms with E-state index in [1.807, 2.05) is 30.3 Å². The molecule has 1 aromatic rings. The molecule has 1 unspecified atom stereocenters. The van der Waals surface area contributed by atoms with E-state index in [4.69, 9.17) is 4.74 Å². The van der Waals surface area contributed by atoms with Gasteiger partial charge in [0.1, 0.15) is 17.7 Å². The van der Waals surface area contributed by atoms with E-state index in [-0.39, 0.29) is 5.91 Å². The Morgan fingerprint density at radius 3 is 2.52 bits per heavy atom. The maximum atomic E-state index is 13.0. The highest BCUT2D eigenvalue weighted by Gasteiger charge is 2.37. The van der Waals surface area contributed by atoms with Crippen molar-refractivity contribution in [1.82, 2.24) is 10.2 Å². The van der Waals surface area contributed by atoms with Gasteiger partial charge in [-0.1, -0.05) is 30.3 Å². The van der Waals surface area contributed by atoms with Crippen molar-refractivity contribution in [3.8, 4) is 0 Å². The van der Waals surface area contributed by atoms with Crippen LogP contribution in [-0.4, -0.2) is 52.2 Å². The summed E-state index contributed by atoms with van der Waals surface area (Å²) in [4.78, 5) is 37.9. The molecule has 1 heterocycles. The van der Waals surface area contributed by atoms with Crippen molar-refractivity contribution in [2.75, 3.05) is 6.54 Å². The molecule has 0 saturated carbocycles. The van der Waals surface area contributed by atoms with E-state index in [1.54, 1.807) is 20.8 Å². The van der Waals surface area contributed by atoms with Gasteiger partial charge in [0.2, 0.25) is 5.91 Å². The van der Waals surface area contributed by atoms with Gasteiger partial charge in [-0.3, -0.25) is 4.79 Å². The molecule has 148 valence electrons. The number of rotatable bonds is 6. The monoisotopic (exact) mass is 376 g/mol. The number of carbonyl (C=O) groups excluding carboxylic acids is 2.